The van der Waals surface area contributed by atoms with Crippen molar-refractivity contribution < 1.29 is 14.6 Å². The fraction of sp³-hybridized carbons (Fsp3) is 0.867. The van der Waals surface area contributed by atoms with Gasteiger partial charge in [0, 0.05) is 30.6 Å². The molecule has 0 unspecified atom stereocenters. The van der Waals surface area contributed by atoms with Crippen LogP contribution in [0.4, 0.5) is 4.79 Å². The second-order valence-corrected chi connectivity index (χ2v) is 6.48. The number of piperidine rings is 1. The van der Waals surface area contributed by atoms with Gasteiger partial charge in [-0.25, -0.2) is 4.79 Å². The average molecular weight is 284 g/mol. The largest absolute Gasteiger partial charge is 0.444 e. The molecule has 1 aliphatic rings. The van der Waals surface area contributed by atoms with Crippen molar-refractivity contribution in [1.29, 1.82) is 5.41 Å². The Kier molecular flexibility index (Phi) is 5.99. The predicted molar refractivity (Wildman–Crippen MR) is 79.1 cm³/mol. The molecule has 1 amide bonds. The molecule has 1 fully saturated rings. The van der Waals surface area contributed by atoms with E-state index in [0.29, 0.717) is 18.8 Å². The number of carbonyl (C=O) groups excluding carboxylic acids is 1. The molecule has 1 rings (SSSR count). The van der Waals surface area contributed by atoms with Gasteiger partial charge in [-0.05, 0) is 40.0 Å². The molecule has 0 saturated carbocycles. The molecule has 0 aromatic rings. The first-order chi connectivity index (χ1) is 9.28. The molecule has 5 heteroatoms. The van der Waals surface area contributed by atoms with E-state index in [1.807, 2.05) is 27.7 Å². The van der Waals surface area contributed by atoms with Crippen LogP contribution in [0.15, 0.2) is 0 Å². The summed E-state index contributed by atoms with van der Waals surface area (Å²) < 4.78 is 5.36. The number of amides is 1. The van der Waals surface area contributed by atoms with Crippen molar-refractivity contribution in [3.05, 3.63) is 0 Å². The summed E-state index contributed by atoms with van der Waals surface area (Å²) in [7, 11) is 0. The third-order valence-electron chi connectivity index (χ3n) is 3.74. The van der Waals surface area contributed by atoms with E-state index in [2.05, 4.69) is 0 Å². The fourth-order valence-electron chi connectivity index (χ4n) is 2.48. The van der Waals surface area contributed by atoms with Crippen LogP contribution in [-0.4, -0.2) is 47.1 Å². The summed E-state index contributed by atoms with van der Waals surface area (Å²) in [5, 5.41) is 17.4. The summed E-state index contributed by atoms with van der Waals surface area (Å²) in [4.78, 5) is 13.7. The van der Waals surface area contributed by atoms with Crippen molar-refractivity contribution in [3.63, 3.8) is 0 Å². The first kappa shape index (κ1) is 17.0. The lowest BCUT2D eigenvalue weighted by Gasteiger charge is -2.34. The van der Waals surface area contributed by atoms with E-state index in [-0.39, 0.29) is 24.5 Å². The van der Waals surface area contributed by atoms with E-state index >= 15 is 0 Å². The topological polar surface area (TPSA) is 73.6 Å². The van der Waals surface area contributed by atoms with Crippen LogP contribution < -0.4 is 0 Å². The van der Waals surface area contributed by atoms with E-state index < -0.39 is 5.60 Å². The number of rotatable bonds is 4. The highest BCUT2D eigenvalue weighted by molar-refractivity contribution is 5.86. The molecule has 1 saturated heterocycles. The molecule has 1 heterocycles. The van der Waals surface area contributed by atoms with Gasteiger partial charge in [0.05, 0.1) is 6.61 Å². The maximum atomic E-state index is 11.9. The maximum Gasteiger partial charge on any atom is 0.410 e. The van der Waals surface area contributed by atoms with Gasteiger partial charge in [-0.1, -0.05) is 6.92 Å². The van der Waals surface area contributed by atoms with Crippen LogP contribution in [0.2, 0.25) is 0 Å². The number of hydrogen-bond acceptors (Lipinski definition) is 4. The van der Waals surface area contributed by atoms with Gasteiger partial charge in [0.2, 0.25) is 0 Å². The molecule has 2 N–H and O–H groups in total. The summed E-state index contributed by atoms with van der Waals surface area (Å²) in [6, 6.07) is 0. The Hall–Kier alpha value is -1.10. The number of aliphatic hydroxyl groups is 1. The minimum atomic E-state index is -0.467. The average Bonchev–Trinajstić information content (AvgIpc) is 2.38. The van der Waals surface area contributed by atoms with Crippen LogP contribution in [0.5, 0.6) is 0 Å². The van der Waals surface area contributed by atoms with E-state index in [9.17, 15) is 9.90 Å². The number of hydrogen-bond donors (Lipinski definition) is 2. The summed E-state index contributed by atoms with van der Waals surface area (Å²) in [5.74, 6) is 0.152. The third kappa shape index (κ3) is 4.78. The van der Waals surface area contributed by atoms with E-state index in [4.69, 9.17) is 10.1 Å². The molecular formula is C15H28N2O3. The van der Waals surface area contributed by atoms with Crippen molar-refractivity contribution >= 4 is 11.8 Å². The number of likely N-dealkylation sites (tertiary alicyclic amines) is 1. The van der Waals surface area contributed by atoms with Crippen molar-refractivity contribution in [2.45, 2.75) is 52.6 Å². The molecule has 0 radical (unpaired) electrons. The standard InChI is InChI=1S/C15H28N2O3/c1-5-11(10-18)13(16)12-6-8-17(9-7-12)14(19)20-15(2,3)4/h11-12,16,18H,5-10H2,1-4H3/t11-/m1/s1. The molecule has 0 spiro atoms. The van der Waals surface area contributed by atoms with Crippen LogP contribution in [-0.2, 0) is 4.74 Å². The quantitative estimate of drug-likeness (QED) is 0.779. The lowest BCUT2D eigenvalue weighted by atomic mass is 9.84. The minimum absolute atomic E-state index is 0.0342. The Balaban J connectivity index is 2.47. The van der Waals surface area contributed by atoms with Gasteiger partial charge in [-0.2, -0.15) is 0 Å². The zero-order valence-corrected chi connectivity index (χ0v) is 13.1. The summed E-state index contributed by atoms with van der Waals surface area (Å²) in [5.41, 5.74) is 0.170. The van der Waals surface area contributed by atoms with E-state index in [0.717, 1.165) is 19.3 Å². The number of carbonyl (C=O) groups is 1. The Bertz CT molecular complexity index is 338. The zero-order valence-electron chi connectivity index (χ0n) is 13.1. The highest BCUT2D eigenvalue weighted by atomic mass is 16.6. The van der Waals surface area contributed by atoms with Crippen molar-refractivity contribution in [2.75, 3.05) is 19.7 Å². The van der Waals surface area contributed by atoms with Crippen LogP contribution in [0.3, 0.4) is 0 Å². The number of nitrogens with one attached hydrogen (secondary N) is 1. The normalized spacial score (nSPS) is 18.8. The Labute approximate surface area is 121 Å². The van der Waals surface area contributed by atoms with Crippen LogP contribution in [0.1, 0.15) is 47.0 Å². The SMILES string of the molecule is CC[C@H](CO)C(=N)C1CCN(C(=O)OC(C)(C)C)CC1. The summed E-state index contributed by atoms with van der Waals surface area (Å²) >= 11 is 0. The molecule has 0 aromatic heterocycles. The molecular weight excluding hydrogens is 256 g/mol. The zero-order chi connectivity index (χ0) is 15.3. The van der Waals surface area contributed by atoms with Gasteiger partial charge in [0.1, 0.15) is 5.60 Å². The van der Waals surface area contributed by atoms with Gasteiger partial charge in [0.25, 0.3) is 0 Å². The highest BCUT2D eigenvalue weighted by Crippen LogP contribution is 2.24. The first-order valence-electron chi connectivity index (χ1n) is 7.45. The molecule has 5 nitrogen and oxygen atoms in total. The smallest absolute Gasteiger partial charge is 0.410 e. The molecule has 20 heavy (non-hydrogen) atoms. The number of nitrogens with zero attached hydrogens (tertiary/aromatic N) is 1. The predicted octanol–water partition coefficient (Wildman–Crippen LogP) is 2.67. The van der Waals surface area contributed by atoms with Crippen LogP contribution in [0, 0.1) is 17.2 Å². The van der Waals surface area contributed by atoms with Crippen LogP contribution in [0.25, 0.3) is 0 Å². The summed E-state index contributed by atoms with van der Waals surface area (Å²) in [6.07, 6.45) is 2.10. The molecule has 1 atom stereocenters. The van der Waals surface area contributed by atoms with Crippen molar-refractivity contribution in [2.24, 2.45) is 11.8 Å². The van der Waals surface area contributed by atoms with E-state index in [1.54, 1.807) is 4.90 Å². The van der Waals surface area contributed by atoms with Crippen molar-refractivity contribution in [1.82, 2.24) is 4.90 Å². The summed E-state index contributed by atoms with van der Waals surface area (Å²) in [6.45, 7) is 8.88. The lowest BCUT2D eigenvalue weighted by Crippen LogP contribution is -2.43. The number of aliphatic hydroxyl groups excluding tert-OH is 1. The van der Waals surface area contributed by atoms with Gasteiger partial charge in [0.15, 0.2) is 0 Å². The van der Waals surface area contributed by atoms with E-state index in [1.165, 1.54) is 0 Å². The van der Waals surface area contributed by atoms with Gasteiger partial charge < -0.3 is 20.2 Å². The molecule has 0 aliphatic carbocycles. The monoisotopic (exact) mass is 284 g/mol. The Morgan fingerprint density at radius 2 is 1.95 bits per heavy atom. The molecule has 0 bridgehead atoms. The molecule has 0 aromatic carbocycles. The maximum absolute atomic E-state index is 11.9. The second-order valence-electron chi connectivity index (χ2n) is 6.48. The molecule has 1 aliphatic heterocycles. The molecule has 116 valence electrons. The second kappa shape index (κ2) is 7.07. The van der Waals surface area contributed by atoms with Crippen LogP contribution >= 0.6 is 0 Å². The van der Waals surface area contributed by atoms with Gasteiger partial charge >= 0.3 is 6.09 Å². The lowest BCUT2D eigenvalue weighted by molar-refractivity contribution is 0.0200. The van der Waals surface area contributed by atoms with Gasteiger partial charge in [-0.15, -0.1) is 0 Å². The van der Waals surface area contributed by atoms with Gasteiger partial charge in [-0.3, -0.25) is 0 Å². The Morgan fingerprint density at radius 3 is 2.35 bits per heavy atom. The fourth-order valence-corrected chi connectivity index (χ4v) is 2.48. The minimum Gasteiger partial charge on any atom is -0.444 e. The highest BCUT2D eigenvalue weighted by Gasteiger charge is 2.30. The first-order valence-corrected chi connectivity index (χ1v) is 7.45. The number of ether oxygens (including phenoxy) is 1. The van der Waals surface area contributed by atoms with Crippen molar-refractivity contribution in [3.8, 4) is 0 Å². The Morgan fingerprint density at radius 1 is 1.40 bits per heavy atom. The third-order valence-corrected chi connectivity index (χ3v) is 3.74.